The molecule has 0 saturated heterocycles. The van der Waals surface area contributed by atoms with E-state index < -0.39 is 11.6 Å². The number of aryl methyl sites for hydroxylation is 1. The molecule has 0 saturated carbocycles. The zero-order chi connectivity index (χ0) is 13.8. The van der Waals surface area contributed by atoms with E-state index in [0.29, 0.717) is 6.42 Å². The van der Waals surface area contributed by atoms with Crippen molar-refractivity contribution in [1.82, 2.24) is 15.1 Å². The monoisotopic (exact) mass is 265 g/mol. The third kappa shape index (κ3) is 2.98. The van der Waals surface area contributed by atoms with E-state index in [1.807, 2.05) is 24.7 Å². The molecule has 1 N–H and O–H groups in total. The van der Waals surface area contributed by atoms with Gasteiger partial charge >= 0.3 is 0 Å². The van der Waals surface area contributed by atoms with Crippen LogP contribution in [0.1, 0.15) is 24.2 Å². The topological polar surface area (TPSA) is 29.9 Å². The summed E-state index contributed by atoms with van der Waals surface area (Å²) in [5.74, 6) is -1.63. The van der Waals surface area contributed by atoms with Gasteiger partial charge in [-0.25, -0.2) is 8.78 Å². The quantitative estimate of drug-likeness (QED) is 0.900. The summed E-state index contributed by atoms with van der Waals surface area (Å²) in [4.78, 5) is 0. The number of likely N-dealkylation sites (N-methyl/N-ethyl adjacent to an activating group) is 1. The molecule has 3 nitrogen and oxygen atoms in total. The summed E-state index contributed by atoms with van der Waals surface area (Å²) in [5, 5.41) is 7.40. The second kappa shape index (κ2) is 5.93. The fourth-order valence-corrected chi connectivity index (χ4v) is 2.16. The second-order valence-electron chi connectivity index (χ2n) is 4.37. The molecule has 0 aliphatic heterocycles. The Bertz CT molecular complexity index is 551. The van der Waals surface area contributed by atoms with Crippen LogP contribution in [0.2, 0.25) is 0 Å². The van der Waals surface area contributed by atoms with E-state index >= 15 is 0 Å². The molecule has 0 aliphatic carbocycles. The van der Waals surface area contributed by atoms with Gasteiger partial charge in [0.1, 0.15) is 0 Å². The molecule has 2 aromatic rings. The minimum atomic E-state index is -0.816. The summed E-state index contributed by atoms with van der Waals surface area (Å²) in [5.41, 5.74) is 1.79. The molecule has 0 fully saturated rings. The molecule has 0 spiro atoms. The average Bonchev–Trinajstić information content (AvgIpc) is 2.88. The highest BCUT2D eigenvalue weighted by atomic mass is 19.2. The van der Waals surface area contributed by atoms with Crippen LogP contribution in [-0.4, -0.2) is 16.8 Å². The van der Waals surface area contributed by atoms with Gasteiger partial charge in [-0.1, -0.05) is 6.07 Å². The van der Waals surface area contributed by atoms with E-state index in [9.17, 15) is 8.78 Å². The van der Waals surface area contributed by atoms with Crippen LogP contribution in [0.3, 0.4) is 0 Å². The Labute approximate surface area is 111 Å². The van der Waals surface area contributed by atoms with Crippen molar-refractivity contribution in [2.45, 2.75) is 25.9 Å². The minimum absolute atomic E-state index is 0.0207. The fourth-order valence-electron chi connectivity index (χ4n) is 2.16. The van der Waals surface area contributed by atoms with Crippen molar-refractivity contribution >= 4 is 0 Å². The lowest BCUT2D eigenvalue weighted by molar-refractivity contribution is 0.496. The SMILES string of the molecule is CCn1nccc1C(Cc1ccc(F)c(F)c1)NC. The lowest BCUT2D eigenvalue weighted by atomic mass is 10.0. The maximum Gasteiger partial charge on any atom is 0.159 e. The Morgan fingerprint density at radius 3 is 2.68 bits per heavy atom. The standard InChI is InChI=1S/C14H17F2N3/c1-3-19-14(6-7-18-19)13(17-2)9-10-4-5-11(15)12(16)8-10/h4-8,13,17H,3,9H2,1-2H3. The Kier molecular flexibility index (Phi) is 4.27. The van der Waals surface area contributed by atoms with E-state index in [1.165, 1.54) is 6.07 Å². The first kappa shape index (κ1) is 13.7. The number of nitrogens with zero attached hydrogens (tertiary/aromatic N) is 2. The molecule has 2 rings (SSSR count). The summed E-state index contributed by atoms with van der Waals surface area (Å²) >= 11 is 0. The zero-order valence-electron chi connectivity index (χ0n) is 11.0. The Hall–Kier alpha value is -1.75. The first-order chi connectivity index (χ1) is 9.15. The van der Waals surface area contributed by atoms with Gasteiger partial charge in [0.2, 0.25) is 0 Å². The number of rotatable bonds is 5. The smallest absolute Gasteiger partial charge is 0.159 e. The molecule has 1 aromatic carbocycles. The van der Waals surface area contributed by atoms with Gasteiger partial charge in [-0.2, -0.15) is 5.10 Å². The molecule has 1 aromatic heterocycles. The van der Waals surface area contributed by atoms with Gasteiger partial charge in [-0.05, 0) is 44.2 Å². The molecule has 0 bridgehead atoms. The van der Waals surface area contributed by atoms with Gasteiger partial charge in [-0.3, -0.25) is 4.68 Å². The Morgan fingerprint density at radius 1 is 1.26 bits per heavy atom. The number of halogens is 2. The number of nitrogens with one attached hydrogen (secondary N) is 1. The lowest BCUT2D eigenvalue weighted by Gasteiger charge is -2.17. The van der Waals surface area contributed by atoms with Gasteiger partial charge in [0.15, 0.2) is 11.6 Å². The summed E-state index contributed by atoms with van der Waals surface area (Å²) in [6.45, 7) is 2.79. The number of hydrogen-bond donors (Lipinski definition) is 1. The first-order valence-electron chi connectivity index (χ1n) is 6.28. The maximum absolute atomic E-state index is 13.2. The average molecular weight is 265 g/mol. The highest BCUT2D eigenvalue weighted by molar-refractivity contribution is 5.21. The van der Waals surface area contributed by atoms with Crippen molar-refractivity contribution in [3.8, 4) is 0 Å². The molecule has 1 atom stereocenters. The van der Waals surface area contributed by atoms with Crippen molar-refractivity contribution in [2.75, 3.05) is 7.05 Å². The molecular formula is C14H17F2N3. The van der Waals surface area contributed by atoms with Crippen molar-refractivity contribution in [2.24, 2.45) is 0 Å². The molecule has 1 unspecified atom stereocenters. The summed E-state index contributed by atoms with van der Waals surface area (Å²) in [6.07, 6.45) is 2.33. The third-order valence-corrected chi connectivity index (χ3v) is 3.18. The number of benzene rings is 1. The molecule has 5 heteroatoms. The Balaban J connectivity index is 2.21. The first-order valence-corrected chi connectivity index (χ1v) is 6.28. The van der Waals surface area contributed by atoms with Gasteiger partial charge in [-0.15, -0.1) is 0 Å². The van der Waals surface area contributed by atoms with Crippen LogP contribution >= 0.6 is 0 Å². The van der Waals surface area contributed by atoms with Crippen molar-refractivity contribution < 1.29 is 8.78 Å². The lowest BCUT2D eigenvalue weighted by Crippen LogP contribution is -2.22. The van der Waals surface area contributed by atoms with Crippen LogP contribution in [0.15, 0.2) is 30.5 Å². The van der Waals surface area contributed by atoms with Crippen LogP contribution in [0.5, 0.6) is 0 Å². The van der Waals surface area contributed by atoms with E-state index in [2.05, 4.69) is 10.4 Å². The molecule has 0 amide bonds. The van der Waals surface area contributed by atoms with Crippen LogP contribution in [-0.2, 0) is 13.0 Å². The Morgan fingerprint density at radius 2 is 2.05 bits per heavy atom. The van der Waals surface area contributed by atoms with Crippen LogP contribution in [0, 0.1) is 11.6 Å². The van der Waals surface area contributed by atoms with Crippen LogP contribution < -0.4 is 5.32 Å². The second-order valence-corrected chi connectivity index (χ2v) is 4.37. The number of hydrogen-bond acceptors (Lipinski definition) is 2. The van der Waals surface area contributed by atoms with Crippen molar-refractivity contribution in [3.63, 3.8) is 0 Å². The van der Waals surface area contributed by atoms with Crippen molar-refractivity contribution in [3.05, 3.63) is 53.4 Å². The highest BCUT2D eigenvalue weighted by Gasteiger charge is 2.15. The van der Waals surface area contributed by atoms with Crippen molar-refractivity contribution in [1.29, 1.82) is 0 Å². The molecule has 19 heavy (non-hydrogen) atoms. The van der Waals surface area contributed by atoms with Gasteiger partial charge < -0.3 is 5.32 Å². The third-order valence-electron chi connectivity index (χ3n) is 3.18. The van der Waals surface area contributed by atoms with E-state index in [0.717, 1.165) is 23.9 Å². The van der Waals surface area contributed by atoms with Crippen LogP contribution in [0.25, 0.3) is 0 Å². The maximum atomic E-state index is 13.2. The zero-order valence-corrected chi connectivity index (χ0v) is 11.0. The summed E-state index contributed by atoms with van der Waals surface area (Å²) in [7, 11) is 1.84. The minimum Gasteiger partial charge on any atom is -0.311 e. The predicted octanol–water partition coefficient (Wildman–Crippen LogP) is 2.68. The summed E-state index contributed by atoms with van der Waals surface area (Å²) in [6, 6.07) is 5.97. The van der Waals surface area contributed by atoms with E-state index in [4.69, 9.17) is 0 Å². The normalized spacial score (nSPS) is 12.6. The highest BCUT2D eigenvalue weighted by Crippen LogP contribution is 2.19. The van der Waals surface area contributed by atoms with Crippen LogP contribution in [0.4, 0.5) is 8.78 Å². The fraction of sp³-hybridized carbons (Fsp3) is 0.357. The van der Waals surface area contributed by atoms with Gasteiger partial charge in [0.05, 0.1) is 11.7 Å². The van der Waals surface area contributed by atoms with E-state index in [1.54, 1.807) is 12.3 Å². The number of aromatic nitrogens is 2. The molecular weight excluding hydrogens is 248 g/mol. The summed E-state index contributed by atoms with van der Waals surface area (Å²) < 4.78 is 28.0. The molecule has 1 heterocycles. The predicted molar refractivity (Wildman–Crippen MR) is 69.8 cm³/mol. The van der Waals surface area contributed by atoms with E-state index in [-0.39, 0.29) is 6.04 Å². The molecule has 102 valence electrons. The molecule has 0 radical (unpaired) electrons. The van der Waals surface area contributed by atoms with Gasteiger partial charge in [0, 0.05) is 12.7 Å². The van der Waals surface area contributed by atoms with Gasteiger partial charge in [0.25, 0.3) is 0 Å². The largest absolute Gasteiger partial charge is 0.311 e. The molecule has 0 aliphatic rings.